The van der Waals surface area contributed by atoms with Gasteiger partial charge < -0.3 is 15.1 Å². The number of nitrogens with one attached hydrogen (secondary N) is 1. The lowest BCUT2D eigenvalue weighted by Gasteiger charge is -2.29. The van der Waals surface area contributed by atoms with E-state index in [0.29, 0.717) is 31.4 Å². The first kappa shape index (κ1) is 29.7. The Morgan fingerprint density at radius 2 is 1.78 bits per heavy atom. The fourth-order valence-corrected chi connectivity index (χ4v) is 9.27. The number of thiophene rings is 1. The number of hydrogen-bond acceptors (Lipinski definition) is 10. The third-order valence-corrected chi connectivity index (χ3v) is 12.3. The van der Waals surface area contributed by atoms with Crippen LogP contribution in [0.25, 0.3) is 10.6 Å². The van der Waals surface area contributed by atoms with Crippen molar-refractivity contribution in [2.45, 2.75) is 24.4 Å². The molecule has 0 amide bonds. The lowest BCUT2D eigenvalue weighted by atomic mass is 10.1. The van der Waals surface area contributed by atoms with Gasteiger partial charge in [0.05, 0.1) is 37.6 Å². The molecule has 1 N–H and O–H groups in total. The van der Waals surface area contributed by atoms with Crippen LogP contribution in [-0.2, 0) is 32.3 Å². The molecule has 5 rings (SSSR count). The van der Waals surface area contributed by atoms with Crippen molar-refractivity contribution in [3.8, 4) is 10.6 Å². The maximum absolute atomic E-state index is 14.0. The molecule has 1 saturated heterocycles. The highest BCUT2D eigenvalue weighted by molar-refractivity contribution is 7.92. The van der Waals surface area contributed by atoms with Crippen molar-refractivity contribution >= 4 is 65.5 Å². The summed E-state index contributed by atoms with van der Waals surface area (Å²) in [5.74, 6) is -0.153. The van der Waals surface area contributed by atoms with E-state index in [9.17, 15) is 30.0 Å². The number of hydrogen-bond donors (Lipinski definition) is 1. The molecule has 220 valence electrons. The molecule has 41 heavy (non-hydrogen) atoms. The van der Waals surface area contributed by atoms with Crippen LogP contribution < -0.4 is 10.2 Å². The predicted octanol–water partition coefficient (Wildman–Crippen LogP) is 4.16. The Bertz CT molecular complexity index is 1730. The smallest absolute Gasteiger partial charge is 0.369 e. The molecule has 2 aliphatic heterocycles. The van der Waals surface area contributed by atoms with Crippen molar-refractivity contribution in [2.24, 2.45) is 0 Å². The maximum atomic E-state index is 14.0. The normalized spacial score (nSPS) is 18.6. The zero-order chi connectivity index (χ0) is 29.7. The molecule has 16 heteroatoms. The first-order chi connectivity index (χ1) is 19.2. The minimum atomic E-state index is -4.79. The number of nitrogens with zero attached hydrogens (tertiary/aromatic N) is 4. The summed E-state index contributed by atoms with van der Waals surface area (Å²) < 4.78 is 91.5. The highest BCUT2D eigenvalue weighted by atomic mass is 32.2. The van der Waals surface area contributed by atoms with Crippen molar-refractivity contribution in [3.63, 3.8) is 0 Å². The van der Waals surface area contributed by atoms with Crippen molar-refractivity contribution in [1.29, 1.82) is 0 Å². The zero-order valence-electron chi connectivity index (χ0n) is 22.0. The molecule has 1 fully saturated rings. The van der Waals surface area contributed by atoms with Gasteiger partial charge in [-0.2, -0.15) is 13.2 Å². The van der Waals surface area contributed by atoms with Gasteiger partial charge in [-0.15, -0.1) is 11.3 Å². The third-order valence-electron chi connectivity index (χ3n) is 7.02. The topological polar surface area (TPSA) is 113 Å². The lowest BCUT2D eigenvalue weighted by molar-refractivity contribution is -0.137. The summed E-state index contributed by atoms with van der Waals surface area (Å²) >= 11 is 6.28. The second-order valence-corrected chi connectivity index (χ2v) is 15.6. The molecule has 0 atom stereocenters. The Labute approximate surface area is 245 Å². The Morgan fingerprint density at radius 3 is 2.44 bits per heavy atom. The van der Waals surface area contributed by atoms with Crippen molar-refractivity contribution in [3.05, 3.63) is 46.5 Å². The van der Waals surface area contributed by atoms with Gasteiger partial charge in [0.15, 0.2) is 19.7 Å². The summed E-state index contributed by atoms with van der Waals surface area (Å²) in [7, 11) is -5.16. The van der Waals surface area contributed by atoms with E-state index in [1.54, 1.807) is 18.0 Å². The largest absolute Gasteiger partial charge is 0.420 e. The van der Waals surface area contributed by atoms with Crippen LogP contribution in [-0.4, -0.2) is 80.6 Å². The van der Waals surface area contributed by atoms with Crippen molar-refractivity contribution in [1.82, 2.24) is 14.9 Å². The number of alkyl halides is 3. The Balaban J connectivity index is 1.52. The summed E-state index contributed by atoms with van der Waals surface area (Å²) in [6.45, 7) is 2.86. The van der Waals surface area contributed by atoms with Gasteiger partial charge in [-0.05, 0) is 36.2 Å². The number of sulfone groups is 2. The van der Waals surface area contributed by atoms with Gasteiger partial charge >= 0.3 is 6.18 Å². The molecule has 3 aromatic rings. The van der Waals surface area contributed by atoms with E-state index < -0.39 is 37.1 Å². The van der Waals surface area contributed by atoms with Crippen LogP contribution in [0.2, 0.25) is 0 Å². The standard InChI is InChI=1S/C25H26F3N5O4S4/c1-3-15-12-16(33-7-9-40(34,35)10-8-33)4-5-18(15)30-24-29-14-17(25(26,27)28)21(31-24)19-13-20-22(39-19)23(38)32(2)6-11-41(20,36)37/h4-5,12-14H,3,6-11H2,1-2H3,(H,29,30,31). The lowest BCUT2D eigenvalue weighted by Crippen LogP contribution is -2.40. The van der Waals surface area contributed by atoms with E-state index in [0.717, 1.165) is 22.6 Å². The van der Waals surface area contributed by atoms with Gasteiger partial charge in [0, 0.05) is 44.3 Å². The van der Waals surface area contributed by atoms with E-state index in [4.69, 9.17) is 12.2 Å². The molecule has 2 aromatic heterocycles. The zero-order valence-corrected chi connectivity index (χ0v) is 25.3. The summed E-state index contributed by atoms with van der Waals surface area (Å²) in [4.78, 5) is 12.1. The SMILES string of the molecule is CCc1cc(N2CCS(=O)(=O)CC2)ccc1Nc1ncc(C(F)(F)F)c(-c2cc3c(s2)C(=S)N(C)CCS3(=O)=O)n1. The first-order valence-corrected chi connectivity index (χ1v) is 17.3. The van der Waals surface area contributed by atoms with Gasteiger partial charge in [-0.1, -0.05) is 19.1 Å². The number of aromatic nitrogens is 2. The Kier molecular flexibility index (Phi) is 7.80. The molecule has 4 heterocycles. The maximum Gasteiger partial charge on any atom is 0.420 e. The Morgan fingerprint density at radius 1 is 1.07 bits per heavy atom. The molecule has 0 unspecified atom stereocenters. The molecular formula is C25H26F3N5O4S4. The second kappa shape index (κ2) is 10.8. The minimum absolute atomic E-state index is 0.0140. The average Bonchev–Trinajstić information content (AvgIpc) is 3.35. The monoisotopic (exact) mass is 645 g/mol. The number of benzene rings is 1. The van der Waals surface area contributed by atoms with E-state index in [-0.39, 0.29) is 49.4 Å². The summed E-state index contributed by atoms with van der Waals surface area (Å²) in [6, 6.07) is 6.69. The highest BCUT2D eigenvalue weighted by Crippen LogP contribution is 2.42. The van der Waals surface area contributed by atoms with Crippen LogP contribution in [0, 0.1) is 0 Å². The molecule has 1 aromatic carbocycles. The van der Waals surface area contributed by atoms with E-state index in [1.807, 2.05) is 24.0 Å². The van der Waals surface area contributed by atoms with Crippen LogP contribution in [0.15, 0.2) is 35.4 Å². The van der Waals surface area contributed by atoms with Gasteiger partial charge in [-0.3, -0.25) is 0 Å². The van der Waals surface area contributed by atoms with Crippen LogP contribution >= 0.6 is 23.6 Å². The van der Waals surface area contributed by atoms with Crippen LogP contribution in [0.5, 0.6) is 0 Å². The number of halogens is 3. The number of thiocarbonyl (C=S) groups is 1. The molecule has 0 aliphatic carbocycles. The number of anilines is 3. The average molecular weight is 646 g/mol. The summed E-state index contributed by atoms with van der Waals surface area (Å²) in [5.41, 5.74) is 0.723. The quantitative estimate of drug-likeness (QED) is 0.406. The molecule has 0 saturated carbocycles. The third kappa shape index (κ3) is 6.05. The summed E-state index contributed by atoms with van der Waals surface area (Å²) in [5, 5.41) is 3.01. The molecule has 0 spiro atoms. The van der Waals surface area contributed by atoms with Gasteiger partial charge in [0.2, 0.25) is 5.95 Å². The van der Waals surface area contributed by atoms with Crippen LogP contribution in [0.1, 0.15) is 22.9 Å². The van der Waals surface area contributed by atoms with E-state index in [2.05, 4.69) is 15.3 Å². The van der Waals surface area contributed by atoms with Crippen molar-refractivity contribution in [2.75, 3.05) is 54.2 Å². The first-order valence-electron chi connectivity index (χ1n) is 12.6. The molecule has 0 radical (unpaired) electrons. The van der Waals surface area contributed by atoms with Crippen LogP contribution in [0.3, 0.4) is 0 Å². The molecule has 2 aliphatic rings. The number of rotatable bonds is 5. The number of fused-ring (bicyclic) bond motifs is 1. The van der Waals surface area contributed by atoms with Gasteiger partial charge in [0.25, 0.3) is 0 Å². The minimum Gasteiger partial charge on any atom is -0.369 e. The second-order valence-electron chi connectivity index (χ2n) is 9.76. The fraction of sp³-hybridized carbons (Fsp3) is 0.400. The molecule has 9 nitrogen and oxygen atoms in total. The van der Waals surface area contributed by atoms with Gasteiger partial charge in [0.1, 0.15) is 10.6 Å². The molecule has 0 bridgehead atoms. The predicted molar refractivity (Wildman–Crippen MR) is 157 cm³/mol. The highest BCUT2D eigenvalue weighted by Gasteiger charge is 2.38. The number of aryl methyl sites for hydroxylation is 1. The van der Waals surface area contributed by atoms with Crippen LogP contribution in [0.4, 0.5) is 30.5 Å². The van der Waals surface area contributed by atoms with Gasteiger partial charge in [-0.25, -0.2) is 26.8 Å². The van der Waals surface area contributed by atoms with E-state index >= 15 is 0 Å². The van der Waals surface area contributed by atoms with Crippen molar-refractivity contribution < 1.29 is 30.0 Å². The fourth-order valence-electron chi connectivity index (χ4n) is 4.63. The Hall–Kier alpha value is -2.82. The van der Waals surface area contributed by atoms with E-state index in [1.165, 1.54) is 6.07 Å². The summed E-state index contributed by atoms with van der Waals surface area (Å²) in [6.07, 6.45) is -3.53. The molecular weight excluding hydrogens is 620 g/mol.